The van der Waals surface area contributed by atoms with Crippen LogP contribution >= 0.6 is 0 Å². The Balaban J connectivity index is 1.55. The first-order valence-corrected chi connectivity index (χ1v) is 10.9. The van der Waals surface area contributed by atoms with Crippen molar-refractivity contribution in [2.24, 2.45) is 0 Å². The van der Waals surface area contributed by atoms with Crippen LogP contribution in [0.2, 0.25) is 0 Å². The van der Waals surface area contributed by atoms with E-state index in [4.69, 9.17) is 0 Å². The molecular weight excluding hydrogens is 439 g/mol. The van der Waals surface area contributed by atoms with Gasteiger partial charge in [0.25, 0.3) is 23.5 Å². The molecule has 0 saturated carbocycles. The van der Waals surface area contributed by atoms with Crippen molar-refractivity contribution in [1.29, 1.82) is 0 Å². The highest BCUT2D eigenvalue weighted by Crippen LogP contribution is 2.27. The van der Waals surface area contributed by atoms with Crippen molar-refractivity contribution < 1.29 is 23.6 Å². The number of ketones is 1. The molecule has 0 radical (unpaired) electrons. The lowest BCUT2D eigenvalue weighted by Gasteiger charge is -2.39. The monoisotopic (exact) mass is 464 g/mol. The van der Waals surface area contributed by atoms with Gasteiger partial charge in [-0.2, -0.15) is 0 Å². The number of carbonyl (C=O) groups is 4. The van der Waals surface area contributed by atoms with Gasteiger partial charge in [-0.25, -0.2) is 4.39 Å². The molecule has 2 heterocycles. The molecule has 0 bridgehead atoms. The summed E-state index contributed by atoms with van der Waals surface area (Å²) in [5.74, 6) is -2.83. The predicted octanol–water partition coefficient (Wildman–Crippen LogP) is 2.56. The van der Waals surface area contributed by atoms with E-state index >= 15 is 0 Å². The summed E-state index contributed by atoms with van der Waals surface area (Å²) in [4.78, 5) is 58.6. The fraction of sp³-hybridized carbons (Fsp3) is 0.280. The van der Waals surface area contributed by atoms with Crippen LogP contribution < -0.4 is 0 Å². The van der Waals surface area contributed by atoms with Gasteiger partial charge in [0.2, 0.25) is 0 Å². The van der Waals surface area contributed by atoms with E-state index in [1.54, 1.807) is 50.2 Å². The van der Waals surface area contributed by atoms with Crippen molar-refractivity contribution >= 4 is 34.4 Å². The van der Waals surface area contributed by atoms with E-state index in [9.17, 15) is 23.6 Å². The molecule has 1 atom stereocenters. The van der Waals surface area contributed by atoms with Gasteiger partial charge in [-0.15, -0.1) is 0 Å². The Hall–Kier alpha value is -4.01. The Kier molecular flexibility index (Phi) is 6.19. The van der Waals surface area contributed by atoms with Crippen LogP contribution in [-0.4, -0.2) is 83.0 Å². The lowest BCUT2D eigenvalue weighted by Crippen LogP contribution is -2.56. The summed E-state index contributed by atoms with van der Waals surface area (Å²) in [6.45, 7) is 2.50. The number of halogens is 1. The van der Waals surface area contributed by atoms with Gasteiger partial charge in [0.1, 0.15) is 5.82 Å². The van der Waals surface area contributed by atoms with E-state index in [1.807, 2.05) is 6.07 Å². The highest BCUT2D eigenvalue weighted by Gasteiger charge is 2.35. The number of Topliss-reactive ketones (excluding diaryl/α,β-unsaturated/α-hetero) is 1. The third kappa shape index (κ3) is 4.05. The van der Waals surface area contributed by atoms with Crippen LogP contribution in [0, 0.1) is 5.82 Å². The molecule has 9 heteroatoms. The van der Waals surface area contributed by atoms with Crippen LogP contribution in [0.25, 0.3) is 10.9 Å². The first-order chi connectivity index (χ1) is 16.2. The molecular formula is C25H25FN4O4. The molecule has 1 aliphatic heterocycles. The lowest BCUT2D eigenvalue weighted by atomic mass is 10.0. The highest BCUT2D eigenvalue weighted by atomic mass is 19.1. The molecule has 176 valence electrons. The summed E-state index contributed by atoms with van der Waals surface area (Å²) < 4.78 is 14.7. The van der Waals surface area contributed by atoms with E-state index in [-0.39, 0.29) is 53.5 Å². The molecule has 4 rings (SSSR count). The maximum atomic E-state index is 14.7. The maximum absolute atomic E-state index is 14.7. The molecule has 1 aliphatic rings. The number of rotatable bonds is 4. The molecule has 3 amide bonds. The van der Waals surface area contributed by atoms with Crippen LogP contribution in [-0.2, 0) is 4.79 Å². The number of fused-ring (bicyclic) bond motifs is 1. The fourth-order valence-corrected chi connectivity index (χ4v) is 4.26. The third-order valence-corrected chi connectivity index (χ3v) is 6.06. The molecule has 0 aliphatic carbocycles. The van der Waals surface area contributed by atoms with E-state index in [1.165, 1.54) is 22.1 Å². The van der Waals surface area contributed by atoms with Gasteiger partial charge in [0.05, 0.1) is 16.6 Å². The second kappa shape index (κ2) is 9.09. The summed E-state index contributed by atoms with van der Waals surface area (Å²) in [5, 5.41) is -0.0865. The number of H-pyrrole nitrogens is 1. The Labute approximate surface area is 195 Å². The Morgan fingerprint density at radius 3 is 2.35 bits per heavy atom. The van der Waals surface area contributed by atoms with Gasteiger partial charge < -0.3 is 19.7 Å². The number of nitrogens with zero attached hydrogens (tertiary/aromatic N) is 3. The molecule has 2 aromatic carbocycles. The fourth-order valence-electron chi connectivity index (χ4n) is 4.26. The smallest absolute Gasteiger partial charge is 0.295 e. The molecule has 0 unspecified atom stereocenters. The van der Waals surface area contributed by atoms with Crippen LogP contribution in [0.4, 0.5) is 4.39 Å². The molecule has 1 aromatic heterocycles. The zero-order chi connectivity index (χ0) is 24.6. The second-order valence-electron chi connectivity index (χ2n) is 8.54. The van der Waals surface area contributed by atoms with Gasteiger partial charge in [0, 0.05) is 56.9 Å². The molecule has 34 heavy (non-hydrogen) atoms. The number of amides is 3. The summed E-state index contributed by atoms with van der Waals surface area (Å²) in [6, 6.07) is 10.9. The second-order valence-corrected chi connectivity index (χ2v) is 8.54. The predicted molar refractivity (Wildman–Crippen MR) is 124 cm³/mol. The van der Waals surface area contributed by atoms with Crippen molar-refractivity contribution in [2.75, 3.05) is 33.7 Å². The Bertz CT molecular complexity index is 1280. The topological polar surface area (TPSA) is 93.8 Å². The average molecular weight is 464 g/mol. The first-order valence-electron chi connectivity index (χ1n) is 10.9. The van der Waals surface area contributed by atoms with Crippen molar-refractivity contribution in [3.63, 3.8) is 0 Å². The summed E-state index contributed by atoms with van der Waals surface area (Å²) in [7, 11) is 3.14. The SMILES string of the molecule is C[C@@H]1CN(C(=O)c2ccccc2)CCN1C(=O)C(=O)c1c[nH]c2c(C(=O)N(C)C)ccc(F)c12. The van der Waals surface area contributed by atoms with E-state index in [2.05, 4.69) is 4.98 Å². The van der Waals surface area contributed by atoms with Gasteiger partial charge in [-0.3, -0.25) is 19.2 Å². The van der Waals surface area contributed by atoms with Crippen molar-refractivity contribution in [3.8, 4) is 0 Å². The van der Waals surface area contributed by atoms with Gasteiger partial charge >= 0.3 is 0 Å². The summed E-state index contributed by atoms with van der Waals surface area (Å²) in [5.41, 5.74) is 0.805. The molecule has 3 aromatic rings. The number of hydrogen-bond donors (Lipinski definition) is 1. The molecule has 1 N–H and O–H groups in total. The van der Waals surface area contributed by atoms with E-state index in [0.29, 0.717) is 5.56 Å². The van der Waals surface area contributed by atoms with Gasteiger partial charge in [-0.1, -0.05) is 18.2 Å². The van der Waals surface area contributed by atoms with Gasteiger partial charge in [0.15, 0.2) is 0 Å². The largest absolute Gasteiger partial charge is 0.360 e. The number of benzene rings is 2. The zero-order valence-electron chi connectivity index (χ0n) is 19.2. The molecule has 1 fully saturated rings. The lowest BCUT2D eigenvalue weighted by molar-refractivity contribution is -0.130. The van der Waals surface area contributed by atoms with Gasteiger partial charge in [-0.05, 0) is 31.2 Å². The van der Waals surface area contributed by atoms with Crippen LogP contribution in [0.3, 0.4) is 0 Å². The Morgan fingerprint density at radius 2 is 1.71 bits per heavy atom. The Morgan fingerprint density at radius 1 is 1.00 bits per heavy atom. The number of carbonyl (C=O) groups excluding carboxylic acids is 4. The number of aromatic amines is 1. The van der Waals surface area contributed by atoms with Crippen LogP contribution in [0.1, 0.15) is 38.0 Å². The zero-order valence-corrected chi connectivity index (χ0v) is 19.2. The number of aromatic nitrogens is 1. The van der Waals surface area contributed by atoms with Crippen molar-refractivity contribution in [1.82, 2.24) is 19.7 Å². The highest BCUT2D eigenvalue weighted by molar-refractivity contribution is 6.45. The normalized spacial score (nSPS) is 15.9. The van der Waals surface area contributed by atoms with Crippen molar-refractivity contribution in [2.45, 2.75) is 13.0 Å². The minimum absolute atomic E-state index is 0.0865. The van der Waals surface area contributed by atoms with Crippen LogP contribution in [0.15, 0.2) is 48.7 Å². The van der Waals surface area contributed by atoms with Crippen molar-refractivity contribution in [3.05, 3.63) is 71.2 Å². The third-order valence-electron chi connectivity index (χ3n) is 6.06. The minimum Gasteiger partial charge on any atom is -0.360 e. The number of nitrogens with one attached hydrogen (secondary N) is 1. The standard InChI is InChI=1S/C25H25FN4O4/c1-15-14-29(23(32)16-7-5-4-6-8-16)11-12-30(15)25(34)22(31)18-13-27-21-17(24(33)28(2)3)9-10-19(26)20(18)21/h4-10,13,15,27H,11-12,14H2,1-3H3/t15-/m1/s1. The quantitative estimate of drug-likeness (QED) is 0.474. The molecule has 1 saturated heterocycles. The minimum atomic E-state index is -0.866. The van der Waals surface area contributed by atoms with E-state index in [0.717, 1.165) is 6.07 Å². The van der Waals surface area contributed by atoms with Crippen LogP contribution in [0.5, 0.6) is 0 Å². The number of hydrogen-bond acceptors (Lipinski definition) is 4. The number of piperazine rings is 1. The van der Waals surface area contributed by atoms with E-state index < -0.39 is 23.5 Å². The summed E-state index contributed by atoms with van der Waals surface area (Å²) in [6.07, 6.45) is 1.26. The molecule has 8 nitrogen and oxygen atoms in total. The summed E-state index contributed by atoms with van der Waals surface area (Å²) >= 11 is 0. The maximum Gasteiger partial charge on any atom is 0.295 e. The molecule has 0 spiro atoms. The first kappa shape index (κ1) is 23.2. The average Bonchev–Trinajstić information content (AvgIpc) is 3.29.